The van der Waals surface area contributed by atoms with Crippen LogP contribution in [0.1, 0.15) is 29.0 Å². The lowest BCUT2D eigenvalue weighted by Gasteiger charge is -2.19. The Kier molecular flexibility index (Phi) is 5.23. The Balaban J connectivity index is 1.74. The summed E-state index contributed by atoms with van der Waals surface area (Å²) in [6.45, 7) is 1.28. The lowest BCUT2D eigenvalue weighted by Crippen LogP contribution is -2.28. The molecule has 0 spiro atoms. The van der Waals surface area contributed by atoms with E-state index in [-0.39, 0.29) is 11.7 Å². The largest absolute Gasteiger partial charge is 0.534 e. The SMILES string of the molecule is CN1CCC(c2ccc3ccccc3c2)c2ccc(OS(=O)(=O)C(F)(F)F)cc2C1. The van der Waals surface area contributed by atoms with Crippen LogP contribution in [0.15, 0.2) is 60.7 Å². The molecule has 3 aromatic rings. The first kappa shape index (κ1) is 20.7. The fourth-order valence-electron chi connectivity index (χ4n) is 3.93. The second-order valence-electron chi connectivity index (χ2n) is 7.53. The summed E-state index contributed by atoms with van der Waals surface area (Å²) in [6.07, 6.45) is 0.836. The van der Waals surface area contributed by atoms with Gasteiger partial charge in [0.25, 0.3) is 0 Å². The fourth-order valence-corrected chi connectivity index (χ4v) is 4.38. The molecule has 0 saturated carbocycles. The van der Waals surface area contributed by atoms with E-state index in [0.717, 1.165) is 40.4 Å². The van der Waals surface area contributed by atoms with Gasteiger partial charge >= 0.3 is 15.6 Å². The maximum atomic E-state index is 12.7. The summed E-state index contributed by atoms with van der Waals surface area (Å²) >= 11 is 0. The van der Waals surface area contributed by atoms with Crippen molar-refractivity contribution < 1.29 is 25.8 Å². The number of nitrogens with zero attached hydrogens (tertiary/aromatic N) is 1. The van der Waals surface area contributed by atoms with Crippen molar-refractivity contribution in [2.75, 3.05) is 13.6 Å². The fraction of sp³-hybridized carbons (Fsp3) is 0.273. The molecule has 1 aliphatic heterocycles. The van der Waals surface area contributed by atoms with Crippen LogP contribution in [-0.2, 0) is 16.7 Å². The molecule has 0 saturated heterocycles. The quantitative estimate of drug-likeness (QED) is 0.427. The Bertz CT molecular complexity index is 1190. The molecule has 0 aromatic heterocycles. The number of fused-ring (bicyclic) bond motifs is 2. The first-order valence-corrected chi connectivity index (χ1v) is 10.9. The van der Waals surface area contributed by atoms with Crippen LogP contribution in [0.25, 0.3) is 10.8 Å². The third kappa shape index (κ3) is 4.02. The van der Waals surface area contributed by atoms with Crippen LogP contribution in [0.5, 0.6) is 5.75 Å². The van der Waals surface area contributed by atoms with E-state index < -0.39 is 15.6 Å². The van der Waals surface area contributed by atoms with Crippen molar-refractivity contribution in [1.29, 1.82) is 0 Å². The molecular formula is C22H20F3NO3S. The summed E-state index contributed by atoms with van der Waals surface area (Å²) < 4.78 is 65.1. The zero-order valence-electron chi connectivity index (χ0n) is 16.2. The predicted octanol–water partition coefficient (Wildman–Crippen LogP) is 5.04. The third-order valence-electron chi connectivity index (χ3n) is 5.39. The van der Waals surface area contributed by atoms with E-state index in [1.165, 1.54) is 12.1 Å². The van der Waals surface area contributed by atoms with Crippen molar-refractivity contribution in [3.8, 4) is 5.75 Å². The van der Waals surface area contributed by atoms with E-state index in [2.05, 4.69) is 27.3 Å². The second kappa shape index (κ2) is 7.59. The molecule has 0 fully saturated rings. The lowest BCUT2D eigenvalue weighted by atomic mass is 9.85. The summed E-state index contributed by atoms with van der Waals surface area (Å²) in [6, 6.07) is 18.7. The monoisotopic (exact) mass is 435 g/mol. The maximum absolute atomic E-state index is 12.7. The Morgan fingerprint density at radius 3 is 2.47 bits per heavy atom. The molecule has 1 heterocycles. The average molecular weight is 435 g/mol. The van der Waals surface area contributed by atoms with Crippen LogP contribution in [-0.4, -0.2) is 32.4 Å². The standard InChI is InChI=1S/C22H20F3NO3S/c1-26-11-10-21(17-7-6-15-4-2-3-5-16(15)12-17)20-9-8-19(13-18(20)14-26)29-30(27,28)22(23,24)25/h2-9,12-13,21H,10-11,14H2,1H3. The molecule has 1 aliphatic rings. The Morgan fingerprint density at radius 1 is 1.00 bits per heavy atom. The molecule has 158 valence electrons. The van der Waals surface area contributed by atoms with Crippen molar-refractivity contribution in [2.24, 2.45) is 0 Å². The number of rotatable bonds is 3. The summed E-state index contributed by atoms with van der Waals surface area (Å²) in [7, 11) is -3.78. The van der Waals surface area contributed by atoms with Gasteiger partial charge in [0.1, 0.15) is 5.75 Å². The molecule has 0 aliphatic carbocycles. The zero-order chi connectivity index (χ0) is 21.5. The Hall–Kier alpha value is -2.58. The van der Waals surface area contributed by atoms with Crippen LogP contribution in [0, 0.1) is 0 Å². The summed E-state index contributed by atoms with van der Waals surface area (Å²) in [5, 5.41) is 2.25. The average Bonchev–Trinajstić information content (AvgIpc) is 2.84. The van der Waals surface area contributed by atoms with Gasteiger partial charge in [-0.2, -0.15) is 21.6 Å². The van der Waals surface area contributed by atoms with E-state index >= 15 is 0 Å². The highest BCUT2D eigenvalue weighted by molar-refractivity contribution is 7.88. The number of alkyl halides is 3. The van der Waals surface area contributed by atoms with Gasteiger partial charge in [-0.15, -0.1) is 0 Å². The minimum Gasteiger partial charge on any atom is -0.376 e. The van der Waals surface area contributed by atoms with Gasteiger partial charge in [-0.05, 0) is 59.6 Å². The van der Waals surface area contributed by atoms with Crippen LogP contribution >= 0.6 is 0 Å². The Morgan fingerprint density at radius 2 is 1.73 bits per heavy atom. The van der Waals surface area contributed by atoms with Gasteiger partial charge in [-0.25, -0.2) is 0 Å². The topological polar surface area (TPSA) is 46.6 Å². The highest BCUT2D eigenvalue weighted by Gasteiger charge is 2.48. The second-order valence-corrected chi connectivity index (χ2v) is 9.07. The third-order valence-corrected chi connectivity index (χ3v) is 6.37. The highest BCUT2D eigenvalue weighted by Crippen LogP contribution is 2.37. The number of benzene rings is 3. The molecule has 0 amide bonds. The molecular weight excluding hydrogens is 415 g/mol. The van der Waals surface area contributed by atoms with Crippen molar-refractivity contribution in [1.82, 2.24) is 4.90 Å². The van der Waals surface area contributed by atoms with E-state index in [1.54, 1.807) is 6.07 Å². The van der Waals surface area contributed by atoms with Crippen LogP contribution in [0.2, 0.25) is 0 Å². The van der Waals surface area contributed by atoms with Gasteiger partial charge < -0.3 is 9.08 Å². The molecule has 8 heteroatoms. The van der Waals surface area contributed by atoms with Crippen LogP contribution in [0.3, 0.4) is 0 Å². The van der Waals surface area contributed by atoms with Crippen molar-refractivity contribution in [3.05, 3.63) is 77.4 Å². The van der Waals surface area contributed by atoms with Gasteiger partial charge in [-0.3, -0.25) is 0 Å². The van der Waals surface area contributed by atoms with E-state index in [4.69, 9.17) is 0 Å². The minimum absolute atomic E-state index is 0.0443. The Labute approximate surface area is 173 Å². The number of hydrogen-bond acceptors (Lipinski definition) is 4. The van der Waals surface area contributed by atoms with E-state index in [0.29, 0.717) is 6.54 Å². The van der Waals surface area contributed by atoms with Crippen LogP contribution in [0.4, 0.5) is 13.2 Å². The molecule has 0 bridgehead atoms. The molecule has 4 rings (SSSR count). The zero-order valence-corrected chi connectivity index (χ0v) is 17.0. The van der Waals surface area contributed by atoms with Crippen molar-refractivity contribution >= 4 is 20.9 Å². The molecule has 4 nitrogen and oxygen atoms in total. The minimum atomic E-state index is -5.70. The van der Waals surface area contributed by atoms with Gasteiger partial charge in [0.2, 0.25) is 0 Å². The van der Waals surface area contributed by atoms with Gasteiger partial charge in [0, 0.05) is 12.5 Å². The van der Waals surface area contributed by atoms with Crippen LogP contribution < -0.4 is 4.18 Å². The highest BCUT2D eigenvalue weighted by atomic mass is 32.2. The molecule has 1 atom stereocenters. The summed E-state index contributed by atoms with van der Waals surface area (Å²) in [5.74, 6) is -0.290. The summed E-state index contributed by atoms with van der Waals surface area (Å²) in [4.78, 5) is 2.06. The van der Waals surface area contributed by atoms with Gasteiger partial charge in [-0.1, -0.05) is 48.5 Å². The van der Waals surface area contributed by atoms with Crippen molar-refractivity contribution in [2.45, 2.75) is 24.4 Å². The predicted molar refractivity (Wildman–Crippen MR) is 109 cm³/mol. The molecule has 3 aromatic carbocycles. The smallest absolute Gasteiger partial charge is 0.376 e. The number of halogens is 3. The van der Waals surface area contributed by atoms with E-state index in [1.807, 2.05) is 31.3 Å². The first-order valence-electron chi connectivity index (χ1n) is 9.45. The molecule has 0 radical (unpaired) electrons. The number of hydrogen-bond donors (Lipinski definition) is 0. The first-order chi connectivity index (χ1) is 14.1. The van der Waals surface area contributed by atoms with Gasteiger partial charge in [0.15, 0.2) is 0 Å². The summed E-state index contributed by atoms with van der Waals surface area (Å²) in [5.41, 5.74) is -2.64. The van der Waals surface area contributed by atoms with E-state index in [9.17, 15) is 21.6 Å². The van der Waals surface area contributed by atoms with Crippen molar-refractivity contribution in [3.63, 3.8) is 0 Å². The van der Waals surface area contributed by atoms with Gasteiger partial charge in [0.05, 0.1) is 0 Å². The molecule has 1 unspecified atom stereocenters. The molecule has 0 N–H and O–H groups in total. The lowest BCUT2D eigenvalue weighted by molar-refractivity contribution is -0.0500. The maximum Gasteiger partial charge on any atom is 0.534 e. The molecule has 30 heavy (non-hydrogen) atoms. The normalized spacial score (nSPS) is 18.1.